The average Bonchev–Trinajstić information content (AvgIpc) is 3.22. The van der Waals surface area contributed by atoms with Crippen molar-refractivity contribution in [2.45, 2.75) is 24.8 Å². The predicted molar refractivity (Wildman–Crippen MR) is 73.3 cm³/mol. The molecule has 7 heteroatoms. The van der Waals surface area contributed by atoms with E-state index in [1.54, 1.807) is 0 Å². The maximum Gasteiger partial charge on any atom is 0.331 e. The van der Waals surface area contributed by atoms with E-state index in [0.717, 1.165) is 6.07 Å². The lowest BCUT2D eigenvalue weighted by atomic mass is 10.0. The topological polar surface area (TPSA) is 75.6 Å². The Morgan fingerprint density at radius 3 is 2.73 bits per heavy atom. The molecule has 2 N–H and O–H groups in total. The quantitative estimate of drug-likeness (QED) is 0.838. The number of carbonyl (C=O) groups excluding carboxylic acids is 1. The number of carbonyl (C=O) groups is 2. The molecule has 2 rings (SSSR count). The summed E-state index contributed by atoms with van der Waals surface area (Å²) in [5, 5.41) is 11.6. The van der Waals surface area contributed by atoms with Crippen LogP contribution < -0.4 is 5.32 Å². The molecule has 1 aliphatic carbocycles. The monoisotopic (exact) mass is 313 g/mol. The predicted octanol–water partition coefficient (Wildman–Crippen LogP) is 1.67. The minimum absolute atomic E-state index is 0.143. The van der Waals surface area contributed by atoms with Crippen molar-refractivity contribution in [3.63, 3.8) is 0 Å². The fourth-order valence-corrected chi connectivity index (χ4v) is 2.44. The minimum atomic E-state index is -1.56. The molecule has 1 amide bonds. The fraction of sp³-hybridized carbons (Fsp3) is 0.467. The summed E-state index contributed by atoms with van der Waals surface area (Å²) < 4.78 is 31.7. The van der Waals surface area contributed by atoms with Crippen LogP contribution in [0.15, 0.2) is 18.2 Å². The van der Waals surface area contributed by atoms with Gasteiger partial charge in [0.25, 0.3) is 0 Å². The smallest absolute Gasteiger partial charge is 0.331 e. The first-order valence-corrected chi connectivity index (χ1v) is 6.78. The van der Waals surface area contributed by atoms with E-state index in [1.807, 2.05) is 0 Å². The zero-order valence-corrected chi connectivity index (χ0v) is 12.2. The summed E-state index contributed by atoms with van der Waals surface area (Å²) in [6.45, 7) is 1.14. The summed E-state index contributed by atoms with van der Waals surface area (Å²) >= 11 is 0. The van der Waals surface area contributed by atoms with Gasteiger partial charge < -0.3 is 15.2 Å². The molecule has 1 aromatic carbocycles. The van der Waals surface area contributed by atoms with Crippen LogP contribution in [0.25, 0.3) is 0 Å². The Labute approximate surface area is 126 Å². The number of benzene rings is 1. The highest BCUT2D eigenvalue weighted by Gasteiger charge is 2.48. The molecule has 1 aromatic rings. The van der Waals surface area contributed by atoms with Crippen LogP contribution in [0.4, 0.5) is 8.78 Å². The summed E-state index contributed by atoms with van der Waals surface area (Å²) in [5.41, 5.74) is -1.41. The molecule has 0 spiro atoms. The Kier molecular flexibility index (Phi) is 4.46. The number of carboxylic acids is 1. The van der Waals surface area contributed by atoms with Gasteiger partial charge in [0, 0.05) is 13.0 Å². The van der Waals surface area contributed by atoms with E-state index >= 15 is 0 Å². The number of aliphatic carboxylic acids is 1. The zero-order valence-electron chi connectivity index (χ0n) is 12.2. The highest BCUT2D eigenvalue weighted by Crippen LogP contribution is 2.48. The van der Waals surface area contributed by atoms with Crippen LogP contribution in [-0.2, 0) is 14.3 Å². The number of halogens is 2. The van der Waals surface area contributed by atoms with Crippen LogP contribution in [0, 0.1) is 17.6 Å². The third-order valence-electron chi connectivity index (χ3n) is 3.81. The third kappa shape index (κ3) is 3.09. The number of nitrogens with one attached hydrogen (secondary N) is 1. The molecule has 3 unspecified atom stereocenters. The Balaban J connectivity index is 2.07. The van der Waals surface area contributed by atoms with Crippen LogP contribution in [0.3, 0.4) is 0 Å². The normalized spacial score (nSPS) is 22.7. The van der Waals surface area contributed by atoms with E-state index in [0.29, 0.717) is 6.42 Å². The van der Waals surface area contributed by atoms with Gasteiger partial charge in [0.15, 0.2) is 17.2 Å². The van der Waals surface area contributed by atoms with Crippen molar-refractivity contribution in [2.24, 2.45) is 5.92 Å². The second-order valence-corrected chi connectivity index (χ2v) is 5.65. The molecule has 1 fully saturated rings. The van der Waals surface area contributed by atoms with E-state index < -0.39 is 40.9 Å². The molecule has 1 aliphatic rings. The molecule has 0 radical (unpaired) electrons. The fourth-order valence-electron chi connectivity index (χ4n) is 2.44. The maximum atomic E-state index is 13.7. The minimum Gasteiger partial charge on any atom is -0.479 e. The number of rotatable bonds is 6. The van der Waals surface area contributed by atoms with Crippen molar-refractivity contribution in [3.8, 4) is 0 Å². The average molecular weight is 313 g/mol. The summed E-state index contributed by atoms with van der Waals surface area (Å²) in [7, 11) is 1.33. The molecule has 22 heavy (non-hydrogen) atoms. The largest absolute Gasteiger partial charge is 0.479 e. The lowest BCUT2D eigenvalue weighted by Crippen LogP contribution is -2.55. The zero-order chi connectivity index (χ0) is 16.5. The van der Waals surface area contributed by atoms with Gasteiger partial charge in [0.1, 0.15) is 0 Å². The molecule has 3 atom stereocenters. The van der Waals surface area contributed by atoms with Crippen LogP contribution in [-0.4, -0.2) is 36.2 Å². The molecular weight excluding hydrogens is 296 g/mol. The molecule has 120 valence electrons. The summed E-state index contributed by atoms with van der Waals surface area (Å²) in [5.74, 6) is -4.64. The lowest BCUT2D eigenvalue weighted by Gasteiger charge is -2.25. The van der Waals surface area contributed by atoms with Gasteiger partial charge in [-0.25, -0.2) is 13.6 Å². The molecule has 1 saturated carbocycles. The summed E-state index contributed by atoms with van der Waals surface area (Å²) in [6.07, 6.45) is 0.356. The van der Waals surface area contributed by atoms with Crippen molar-refractivity contribution in [3.05, 3.63) is 35.4 Å². The van der Waals surface area contributed by atoms with Crippen molar-refractivity contribution in [2.75, 3.05) is 13.7 Å². The van der Waals surface area contributed by atoms with Gasteiger partial charge in [-0.1, -0.05) is 12.1 Å². The number of carboxylic acid groups (broad SMARTS) is 1. The number of ether oxygens (including phenoxy) is 1. The number of amides is 1. The van der Waals surface area contributed by atoms with Crippen LogP contribution in [0.2, 0.25) is 0 Å². The van der Waals surface area contributed by atoms with Gasteiger partial charge in [-0.15, -0.1) is 0 Å². The summed E-state index contributed by atoms with van der Waals surface area (Å²) in [4.78, 5) is 23.4. The van der Waals surface area contributed by atoms with Gasteiger partial charge in [-0.05, 0) is 30.9 Å². The van der Waals surface area contributed by atoms with E-state index in [4.69, 9.17) is 4.74 Å². The molecule has 0 heterocycles. The van der Waals surface area contributed by atoms with Crippen molar-refractivity contribution < 1.29 is 28.2 Å². The Hall–Kier alpha value is -2.02. The third-order valence-corrected chi connectivity index (χ3v) is 3.81. The van der Waals surface area contributed by atoms with Gasteiger partial charge in [-0.3, -0.25) is 4.79 Å². The van der Waals surface area contributed by atoms with E-state index in [9.17, 15) is 23.5 Å². The van der Waals surface area contributed by atoms with Crippen molar-refractivity contribution >= 4 is 11.9 Å². The van der Waals surface area contributed by atoms with Gasteiger partial charge in [0.05, 0.1) is 6.61 Å². The Morgan fingerprint density at radius 1 is 1.45 bits per heavy atom. The highest BCUT2D eigenvalue weighted by molar-refractivity contribution is 5.89. The second kappa shape index (κ2) is 6.00. The van der Waals surface area contributed by atoms with Gasteiger partial charge in [-0.2, -0.15) is 0 Å². The number of hydrogen-bond donors (Lipinski definition) is 2. The van der Waals surface area contributed by atoms with Crippen LogP contribution in [0.5, 0.6) is 0 Å². The maximum absolute atomic E-state index is 13.7. The molecule has 5 nitrogen and oxygen atoms in total. The molecular formula is C15H17F2NO4. The number of methoxy groups -OCH3 is 1. The first-order chi connectivity index (χ1) is 10.3. The highest BCUT2D eigenvalue weighted by atomic mass is 19.2. The SMILES string of the molecule is COCC(C)(NC(=O)C1CC1c1cccc(F)c1F)C(=O)O. The molecule has 0 aliphatic heterocycles. The van der Waals surface area contributed by atoms with Crippen molar-refractivity contribution in [1.29, 1.82) is 0 Å². The van der Waals surface area contributed by atoms with Crippen molar-refractivity contribution in [1.82, 2.24) is 5.32 Å². The van der Waals surface area contributed by atoms with E-state index in [1.165, 1.54) is 26.2 Å². The van der Waals surface area contributed by atoms with E-state index in [-0.39, 0.29) is 12.2 Å². The molecule has 0 bridgehead atoms. The molecule has 0 aromatic heterocycles. The standard InChI is InChI=1S/C15H17F2NO4/c1-15(7-22-2,14(20)21)18-13(19)10-6-9(10)8-4-3-5-11(16)12(8)17/h3-5,9-10H,6-7H2,1-2H3,(H,18,19)(H,20,21). The Bertz CT molecular complexity index is 607. The van der Waals surface area contributed by atoms with E-state index in [2.05, 4.69) is 5.32 Å². The second-order valence-electron chi connectivity index (χ2n) is 5.65. The molecule has 0 saturated heterocycles. The first kappa shape index (κ1) is 16.4. The lowest BCUT2D eigenvalue weighted by molar-refractivity contribution is -0.149. The first-order valence-electron chi connectivity index (χ1n) is 6.78. The number of hydrogen-bond acceptors (Lipinski definition) is 3. The Morgan fingerprint density at radius 2 is 2.14 bits per heavy atom. The van der Waals surface area contributed by atoms with Gasteiger partial charge in [0.2, 0.25) is 5.91 Å². The van der Waals surface area contributed by atoms with Crippen LogP contribution in [0.1, 0.15) is 24.8 Å². The van der Waals surface area contributed by atoms with Crippen LogP contribution >= 0.6 is 0 Å². The summed E-state index contributed by atoms with van der Waals surface area (Å²) in [6, 6.07) is 3.83. The van der Waals surface area contributed by atoms with Gasteiger partial charge >= 0.3 is 5.97 Å².